The van der Waals surface area contributed by atoms with Crippen molar-refractivity contribution in [1.82, 2.24) is 5.32 Å². The first kappa shape index (κ1) is 16.9. The molecule has 130 valence electrons. The molecule has 2 aliphatic heterocycles. The van der Waals surface area contributed by atoms with Crippen molar-refractivity contribution in [3.63, 3.8) is 0 Å². The molecule has 2 aliphatic rings. The van der Waals surface area contributed by atoms with E-state index in [9.17, 15) is 9.59 Å². The molecule has 2 unspecified atom stereocenters. The van der Waals surface area contributed by atoms with Crippen LogP contribution in [-0.4, -0.2) is 43.7 Å². The number of nitrogens with two attached hydrogens (primary N) is 1. The number of anilines is 1. The fourth-order valence-corrected chi connectivity index (χ4v) is 3.35. The van der Waals surface area contributed by atoms with Gasteiger partial charge in [0.25, 0.3) is 0 Å². The molecule has 6 nitrogen and oxygen atoms in total. The molecule has 2 amide bonds. The van der Waals surface area contributed by atoms with Crippen LogP contribution < -0.4 is 16.0 Å². The number of hydrogen-bond acceptors (Lipinski definition) is 4. The van der Waals surface area contributed by atoms with Crippen molar-refractivity contribution in [2.75, 3.05) is 24.7 Å². The molecule has 24 heavy (non-hydrogen) atoms. The molecule has 6 heteroatoms. The van der Waals surface area contributed by atoms with E-state index in [0.717, 1.165) is 24.1 Å². The highest BCUT2D eigenvalue weighted by molar-refractivity contribution is 6.01. The number of rotatable bonds is 4. The zero-order valence-electron chi connectivity index (χ0n) is 14.0. The minimum atomic E-state index is -0.574. The van der Waals surface area contributed by atoms with Crippen LogP contribution in [0, 0.1) is 12.8 Å². The Bertz CT molecular complexity index is 596. The van der Waals surface area contributed by atoms with Crippen molar-refractivity contribution in [3.05, 3.63) is 29.8 Å². The van der Waals surface area contributed by atoms with Gasteiger partial charge >= 0.3 is 0 Å². The van der Waals surface area contributed by atoms with Crippen LogP contribution in [0.4, 0.5) is 5.69 Å². The molecule has 3 N–H and O–H groups in total. The first-order valence-electron chi connectivity index (χ1n) is 8.58. The van der Waals surface area contributed by atoms with Gasteiger partial charge in [0.05, 0.1) is 6.04 Å². The standard InChI is InChI=1S/C18H25N3O3/c1-12-2-4-14(5-3-12)21-9-6-15(18(21)23)20-17(22)16(19)13-7-10-24-11-8-13/h2-5,13,15-16H,6-11,19H2,1H3,(H,20,22). The summed E-state index contributed by atoms with van der Waals surface area (Å²) in [6.07, 6.45) is 2.20. The SMILES string of the molecule is Cc1ccc(N2CCC(NC(=O)C(N)C3CCOCC3)C2=O)cc1. The number of nitrogens with one attached hydrogen (secondary N) is 1. The smallest absolute Gasteiger partial charge is 0.249 e. The molecule has 3 rings (SSSR count). The van der Waals surface area contributed by atoms with E-state index in [2.05, 4.69) is 5.32 Å². The Labute approximate surface area is 142 Å². The van der Waals surface area contributed by atoms with E-state index in [-0.39, 0.29) is 17.7 Å². The summed E-state index contributed by atoms with van der Waals surface area (Å²) in [5.74, 6) is -0.166. The molecular weight excluding hydrogens is 306 g/mol. The molecule has 2 fully saturated rings. The Kier molecular flexibility index (Phi) is 5.16. The maximum atomic E-state index is 12.6. The zero-order valence-corrected chi connectivity index (χ0v) is 14.0. The van der Waals surface area contributed by atoms with E-state index in [1.165, 1.54) is 0 Å². The lowest BCUT2D eigenvalue weighted by atomic mass is 9.91. The average molecular weight is 331 g/mol. The lowest BCUT2D eigenvalue weighted by molar-refractivity contribution is -0.128. The van der Waals surface area contributed by atoms with Crippen LogP contribution in [0.2, 0.25) is 0 Å². The average Bonchev–Trinajstić information content (AvgIpc) is 2.96. The first-order chi connectivity index (χ1) is 11.6. The number of benzene rings is 1. The minimum Gasteiger partial charge on any atom is -0.381 e. The fourth-order valence-electron chi connectivity index (χ4n) is 3.35. The van der Waals surface area contributed by atoms with Gasteiger partial charge in [0, 0.05) is 25.4 Å². The van der Waals surface area contributed by atoms with E-state index in [4.69, 9.17) is 10.5 Å². The molecular formula is C18H25N3O3. The first-order valence-corrected chi connectivity index (χ1v) is 8.58. The quantitative estimate of drug-likeness (QED) is 0.861. The zero-order chi connectivity index (χ0) is 17.1. The number of carbonyl (C=O) groups is 2. The van der Waals surface area contributed by atoms with Gasteiger partial charge in [-0.15, -0.1) is 0 Å². The number of aryl methyl sites for hydroxylation is 1. The second-order valence-electron chi connectivity index (χ2n) is 6.65. The summed E-state index contributed by atoms with van der Waals surface area (Å²) in [6.45, 7) is 3.92. The van der Waals surface area contributed by atoms with Gasteiger partial charge in [-0.2, -0.15) is 0 Å². The molecule has 0 aromatic heterocycles. The van der Waals surface area contributed by atoms with Gasteiger partial charge in [-0.25, -0.2) is 0 Å². The van der Waals surface area contributed by atoms with E-state index >= 15 is 0 Å². The summed E-state index contributed by atoms with van der Waals surface area (Å²) < 4.78 is 5.30. The monoisotopic (exact) mass is 331 g/mol. The van der Waals surface area contributed by atoms with Crippen molar-refractivity contribution in [3.8, 4) is 0 Å². The topological polar surface area (TPSA) is 84.7 Å². The number of amides is 2. The van der Waals surface area contributed by atoms with Crippen LogP contribution in [0.15, 0.2) is 24.3 Å². The third-order valence-electron chi connectivity index (χ3n) is 4.94. The summed E-state index contributed by atoms with van der Waals surface area (Å²) in [4.78, 5) is 26.7. The van der Waals surface area contributed by atoms with E-state index in [0.29, 0.717) is 26.2 Å². The van der Waals surface area contributed by atoms with Gasteiger partial charge in [0.2, 0.25) is 11.8 Å². The van der Waals surface area contributed by atoms with E-state index in [1.807, 2.05) is 31.2 Å². The highest BCUT2D eigenvalue weighted by Gasteiger charge is 2.35. The van der Waals surface area contributed by atoms with Gasteiger partial charge in [0.1, 0.15) is 6.04 Å². The van der Waals surface area contributed by atoms with Crippen LogP contribution in [0.5, 0.6) is 0 Å². The summed E-state index contributed by atoms with van der Waals surface area (Å²) in [5, 5.41) is 2.84. The van der Waals surface area contributed by atoms with Gasteiger partial charge < -0.3 is 20.7 Å². The van der Waals surface area contributed by atoms with Gasteiger partial charge in [0.15, 0.2) is 0 Å². The lowest BCUT2D eigenvalue weighted by Gasteiger charge is -2.27. The summed E-state index contributed by atoms with van der Waals surface area (Å²) >= 11 is 0. The third kappa shape index (κ3) is 3.60. The molecule has 2 saturated heterocycles. The van der Waals surface area contributed by atoms with Crippen molar-refractivity contribution >= 4 is 17.5 Å². The van der Waals surface area contributed by atoms with Crippen LogP contribution >= 0.6 is 0 Å². The van der Waals surface area contributed by atoms with Crippen molar-refractivity contribution in [1.29, 1.82) is 0 Å². The van der Waals surface area contributed by atoms with E-state index < -0.39 is 12.1 Å². The molecule has 2 heterocycles. The Balaban J connectivity index is 1.58. The largest absolute Gasteiger partial charge is 0.381 e. The predicted octanol–water partition coefficient (Wildman–Crippen LogP) is 0.970. The minimum absolute atomic E-state index is 0.0635. The van der Waals surface area contributed by atoms with Crippen LogP contribution in [-0.2, 0) is 14.3 Å². The Morgan fingerprint density at radius 2 is 1.92 bits per heavy atom. The number of nitrogens with zero attached hydrogens (tertiary/aromatic N) is 1. The summed E-state index contributed by atoms with van der Waals surface area (Å²) in [7, 11) is 0. The molecule has 0 saturated carbocycles. The maximum absolute atomic E-state index is 12.6. The second-order valence-corrected chi connectivity index (χ2v) is 6.65. The van der Waals surface area contributed by atoms with Crippen LogP contribution in [0.25, 0.3) is 0 Å². The van der Waals surface area contributed by atoms with E-state index in [1.54, 1.807) is 4.90 Å². The highest BCUT2D eigenvalue weighted by Crippen LogP contribution is 2.23. The molecule has 2 atom stereocenters. The highest BCUT2D eigenvalue weighted by atomic mass is 16.5. The Hall–Kier alpha value is -1.92. The second kappa shape index (κ2) is 7.32. The number of ether oxygens (including phenoxy) is 1. The van der Waals surface area contributed by atoms with Crippen LogP contribution in [0.1, 0.15) is 24.8 Å². The molecule has 0 bridgehead atoms. The number of carbonyl (C=O) groups excluding carboxylic acids is 2. The predicted molar refractivity (Wildman–Crippen MR) is 91.6 cm³/mol. The van der Waals surface area contributed by atoms with Gasteiger partial charge in [-0.1, -0.05) is 17.7 Å². The van der Waals surface area contributed by atoms with Gasteiger partial charge in [-0.05, 0) is 44.2 Å². The Morgan fingerprint density at radius 3 is 2.58 bits per heavy atom. The molecule has 0 aliphatic carbocycles. The summed E-state index contributed by atoms with van der Waals surface area (Å²) in [5.41, 5.74) is 8.11. The molecule has 1 aromatic rings. The molecule has 1 aromatic carbocycles. The van der Waals surface area contributed by atoms with Crippen molar-refractivity contribution in [2.45, 2.75) is 38.3 Å². The van der Waals surface area contributed by atoms with Crippen molar-refractivity contribution in [2.24, 2.45) is 11.7 Å². The molecule has 0 spiro atoms. The fraction of sp³-hybridized carbons (Fsp3) is 0.556. The van der Waals surface area contributed by atoms with Gasteiger partial charge in [-0.3, -0.25) is 9.59 Å². The Morgan fingerprint density at radius 1 is 1.25 bits per heavy atom. The molecule has 0 radical (unpaired) electrons. The van der Waals surface area contributed by atoms with Crippen molar-refractivity contribution < 1.29 is 14.3 Å². The third-order valence-corrected chi connectivity index (χ3v) is 4.94. The lowest BCUT2D eigenvalue weighted by Crippen LogP contribution is -2.51. The number of hydrogen-bond donors (Lipinski definition) is 2. The normalized spacial score (nSPS) is 23.3. The summed E-state index contributed by atoms with van der Waals surface area (Å²) in [6, 6.07) is 6.78. The maximum Gasteiger partial charge on any atom is 0.249 e. The van der Waals surface area contributed by atoms with Crippen LogP contribution in [0.3, 0.4) is 0 Å².